The number of hydrogen-bond acceptors (Lipinski definition) is 4. The lowest BCUT2D eigenvalue weighted by atomic mass is 9.89. The van der Waals surface area contributed by atoms with Gasteiger partial charge in [0, 0.05) is 11.3 Å². The van der Waals surface area contributed by atoms with Crippen molar-refractivity contribution in [1.29, 1.82) is 0 Å². The summed E-state index contributed by atoms with van der Waals surface area (Å²) in [6, 6.07) is 0. The molecule has 1 fully saturated rings. The molecule has 1 aromatic heterocycles. The van der Waals surface area contributed by atoms with Crippen LogP contribution in [0.3, 0.4) is 0 Å². The molecule has 72 valence electrons. The highest BCUT2D eigenvalue weighted by molar-refractivity contribution is 7.15. The molecule has 0 bridgehead atoms. The number of hydrogen-bond donors (Lipinski definition) is 1. The lowest BCUT2D eigenvalue weighted by Gasteiger charge is -2.22. The van der Waals surface area contributed by atoms with Crippen molar-refractivity contribution in [2.24, 2.45) is 0 Å². The summed E-state index contributed by atoms with van der Waals surface area (Å²) in [5, 5.41) is 9.91. The minimum atomic E-state index is 0.363. The van der Waals surface area contributed by atoms with Crippen LogP contribution < -0.4 is 5.73 Å². The van der Waals surface area contributed by atoms with Crippen LogP contribution in [0.4, 0.5) is 5.13 Å². The topological polar surface area (TPSA) is 51.8 Å². The van der Waals surface area contributed by atoms with Gasteiger partial charge < -0.3 is 5.73 Å². The van der Waals surface area contributed by atoms with Gasteiger partial charge in [-0.2, -0.15) is 0 Å². The Balaban J connectivity index is 2.02. The Morgan fingerprint density at radius 1 is 1.23 bits per heavy atom. The average molecular weight is 218 g/mol. The SMILES string of the molecule is Nc1nnc(C2CCC(Cl)CC2)s1. The van der Waals surface area contributed by atoms with E-state index in [1.807, 2.05) is 0 Å². The van der Waals surface area contributed by atoms with Gasteiger partial charge in [-0.05, 0) is 25.7 Å². The summed E-state index contributed by atoms with van der Waals surface area (Å²) in [5.41, 5.74) is 5.53. The minimum absolute atomic E-state index is 0.363. The van der Waals surface area contributed by atoms with Gasteiger partial charge in [-0.15, -0.1) is 21.8 Å². The fraction of sp³-hybridized carbons (Fsp3) is 0.750. The average Bonchev–Trinajstić information content (AvgIpc) is 2.53. The van der Waals surface area contributed by atoms with Crippen molar-refractivity contribution < 1.29 is 0 Å². The van der Waals surface area contributed by atoms with Gasteiger partial charge in [-0.3, -0.25) is 0 Å². The Labute approximate surface area is 86.3 Å². The first-order valence-electron chi connectivity index (χ1n) is 4.48. The van der Waals surface area contributed by atoms with Crippen LogP contribution in [0.5, 0.6) is 0 Å². The first-order valence-corrected chi connectivity index (χ1v) is 5.74. The van der Waals surface area contributed by atoms with E-state index in [0.29, 0.717) is 16.4 Å². The molecule has 2 rings (SSSR count). The van der Waals surface area contributed by atoms with Gasteiger partial charge in [0.1, 0.15) is 5.01 Å². The van der Waals surface area contributed by atoms with Gasteiger partial charge in [0.15, 0.2) is 0 Å². The molecule has 1 aromatic rings. The normalized spacial score (nSPS) is 29.0. The zero-order valence-corrected chi connectivity index (χ0v) is 8.81. The molecular formula is C8H12ClN3S. The first-order chi connectivity index (χ1) is 6.25. The van der Waals surface area contributed by atoms with Gasteiger partial charge in [-0.25, -0.2) is 0 Å². The van der Waals surface area contributed by atoms with E-state index in [9.17, 15) is 0 Å². The molecule has 0 atom stereocenters. The molecule has 2 N–H and O–H groups in total. The van der Waals surface area contributed by atoms with Crippen LogP contribution in [-0.4, -0.2) is 15.6 Å². The third-order valence-electron chi connectivity index (χ3n) is 2.46. The van der Waals surface area contributed by atoms with Crippen LogP contribution in [-0.2, 0) is 0 Å². The predicted octanol–water partition coefficient (Wildman–Crippen LogP) is 2.39. The van der Waals surface area contributed by atoms with Crippen LogP contribution in [0, 0.1) is 0 Å². The number of aromatic nitrogens is 2. The molecular weight excluding hydrogens is 206 g/mol. The molecule has 0 radical (unpaired) electrons. The highest BCUT2D eigenvalue weighted by Crippen LogP contribution is 2.36. The van der Waals surface area contributed by atoms with Crippen LogP contribution >= 0.6 is 22.9 Å². The Hall–Kier alpha value is -0.350. The van der Waals surface area contributed by atoms with Gasteiger partial charge in [-0.1, -0.05) is 11.3 Å². The number of alkyl halides is 1. The fourth-order valence-electron chi connectivity index (χ4n) is 1.71. The lowest BCUT2D eigenvalue weighted by Crippen LogP contribution is -2.12. The number of rotatable bonds is 1. The number of nitrogens with zero attached hydrogens (tertiary/aromatic N) is 2. The van der Waals surface area contributed by atoms with Gasteiger partial charge >= 0.3 is 0 Å². The Morgan fingerprint density at radius 2 is 1.92 bits per heavy atom. The first kappa shape index (κ1) is 9.21. The largest absolute Gasteiger partial charge is 0.374 e. The van der Waals surface area contributed by atoms with Crippen LogP contribution in [0.25, 0.3) is 0 Å². The van der Waals surface area contributed by atoms with Crippen LogP contribution in [0.1, 0.15) is 36.6 Å². The van der Waals surface area contributed by atoms with Gasteiger partial charge in [0.25, 0.3) is 0 Å². The zero-order valence-electron chi connectivity index (χ0n) is 7.24. The summed E-state index contributed by atoms with van der Waals surface area (Å²) in [7, 11) is 0. The van der Waals surface area contributed by atoms with E-state index in [4.69, 9.17) is 17.3 Å². The minimum Gasteiger partial charge on any atom is -0.374 e. The van der Waals surface area contributed by atoms with E-state index >= 15 is 0 Å². The Bertz CT molecular complexity index is 281. The molecule has 3 nitrogen and oxygen atoms in total. The van der Waals surface area contributed by atoms with Crippen LogP contribution in [0.2, 0.25) is 0 Å². The molecule has 1 aliphatic rings. The molecule has 0 aliphatic heterocycles. The Morgan fingerprint density at radius 3 is 2.46 bits per heavy atom. The van der Waals surface area contributed by atoms with Crippen molar-refractivity contribution in [3.05, 3.63) is 5.01 Å². The standard InChI is InChI=1S/C8H12ClN3S/c9-6-3-1-5(2-4-6)7-11-12-8(10)13-7/h5-6H,1-4H2,(H2,10,12). The molecule has 0 amide bonds. The quantitative estimate of drug-likeness (QED) is 0.735. The van der Waals surface area contributed by atoms with Gasteiger partial charge in [0.2, 0.25) is 5.13 Å². The lowest BCUT2D eigenvalue weighted by molar-refractivity contribution is 0.446. The number of nitrogens with two attached hydrogens (primary N) is 1. The zero-order chi connectivity index (χ0) is 9.26. The highest BCUT2D eigenvalue weighted by Gasteiger charge is 2.23. The summed E-state index contributed by atoms with van der Waals surface area (Å²) in [6.07, 6.45) is 4.43. The number of anilines is 1. The fourth-order valence-corrected chi connectivity index (χ4v) is 2.74. The second kappa shape index (κ2) is 3.80. The van der Waals surface area contributed by atoms with E-state index in [1.165, 1.54) is 11.3 Å². The van der Waals surface area contributed by atoms with E-state index in [2.05, 4.69) is 10.2 Å². The third kappa shape index (κ3) is 2.11. The molecule has 13 heavy (non-hydrogen) atoms. The predicted molar refractivity (Wildman–Crippen MR) is 55.2 cm³/mol. The van der Waals surface area contributed by atoms with Crippen LogP contribution in [0.15, 0.2) is 0 Å². The van der Waals surface area contributed by atoms with Crippen molar-refractivity contribution in [1.82, 2.24) is 10.2 Å². The maximum Gasteiger partial charge on any atom is 0.203 e. The molecule has 0 unspecified atom stereocenters. The second-order valence-corrected chi connectivity index (χ2v) is 5.09. The molecule has 1 aliphatic carbocycles. The maximum atomic E-state index is 6.02. The summed E-state index contributed by atoms with van der Waals surface area (Å²) < 4.78 is 0. The summed E-state index contributed by atoms with van der Waals surface area (Å²) in [6.45, 7) is 0. The number of nitrogen functional groups attached to an aromatic ring is 1. The van der Waals surface area contributed by atoms with Crippen molar-refractivity contribution in [3.8, 4) is 0 Å². The molecule has 1 saturated carbocycles. The highest BCUT2D eigenvalue weighted by atomic mass is 35.5. The molecule has 1 heterocycles. The molecule has 5 heteroatoms. The Kier molecular flexibility index (Phi) is 2.69. The van der Waals surface area contributed by atoms with Crippen molar-refractivity contribution in [2.45, 2.75) is 37.0 Å². The summed E-state index contributed by atoms with van der Waals surface area (Å²) >= 11 is 7.53. The van der Waals surface area contributed by atoms with Crippen molar-refractivity contribution in [2.75, 3.05) is 5.73 Å². The summed E-state index contributed by atoms with van der Waals surface area (Å²) in [5.74, 6) is 0.546. The van der Waals surface area contributed by atoms with E-state index in [1.54, 1.807) is 0 Å². The van der Waals surface area contributed by atoms with E-state index in [0.717, 1.165) is 30.7 Å². The molecule has 0 aromatic carbocycles. The van der Waals surface area contributed by atoms with Crippen molar-refractivity contribution in [3.63, 3.8) is 0 Å². The molecule has 0 spiro atoms. The smallest absolute Gasteiger partial charge is 0.203 e. The van der Waals surface area contributed by atoms with Crippen molar-refractivity contribution >= 4 is 28.1 Å². The van der Waals surface area contributed by atoms with Gasteiger partial charge in [0.05, 0.1) is 0 Å². The molecule has 0 saturated heterocycles. The summed E-state index contributed by atoms with van der Waals surface area (Å²) in [4.78, 5) is 0. The van der Waals surface area contributed by atoms with E-state index in [-0.39, 0.29) is 0 Å². The second-order valence-electron chi connectivity index (χ2n) is 3.43. The third-order valence-corrected chi connectivity index (χ3v) is 3.81. The van der Waals surface area contributed by atoms with E-state index < -0.39 is 0 Å². The maximum absolute atomic E-state index is 6.02. The monoisotopic (exact) mass is 217 g/mol. The number of halogens is 1.